The third-order valence-corrected chi connectivity index (χ3v) is 5.24. The van der Waals surface area contributed by atoms with Crippen LogP contribution in [-0.4, -0.2) is 23.7 Å². The van der Waals surface area contributed by atoms with Crippen LogP contribution in [0.5, 0.6) is 5.75 Å². The number of carbonyl (C=O) groups is 1. The number of nitrogens with one attached hydrogen (secondary N) is 1. The Balaban J connectivity index is 1.64. The van der Waals surface area contributed by atoms with E-state index < -0.39 is 5.60 Å². The molecule has 0 saturated heterocycles. The van der Waals surface area contributed by atoms with Crippen LogP contribution in [0, 0.1) is 5.92 Å². The summed E-state index contributed by atoms with van der Waals surface area (Å²) in [5.74, 6) is 0.801. The molecule has 2 aromatic rings. The van der Waals surface area contributed by atoms with Gasteiger partial charge < -0.3 is 15.2 Å². The molecule has 0 spiro atoms. The zero-order valence-electron chi connectivity index (χ0n) is 14.0. The van der Waals surface area contributed by atoms with Crippen molar-refractivity contribution in [2.75, 3.05) is 6.54 Å². The fourth-order valence-corrected chi connectivity index (χ4v) is 3.70. The van der Waals surface area contributed by atoms with Gasteiger partial charge in [-0.3, -0.25) is 4.79 Å². The number of hydrogen-bond donors (Lipinski definition) is 2. The minimum atomic E-state index is -0.954. The van der Waals surface area contributed by atoms with Crippen molar-refractivity contribution in [1.29, 1.82) is 0 Å². The van der Waals surface area contributed by atoms with Crippen molar-refractivity contribution in [3.63, 3.8) is 0 Å². The van der Waals surface area contributed by atoms with Crippen molar-refractivity contribution >= 4 is 17.2 Å². The second-order valence-corrected chi connectivity index (χ2v) is 7.50. The Kier molecular flexibility index (Phi) is 4.92. The van der Waals surface area contributed by atoms with E-state index in [1.807, 2.05) is 31.4 Å². The van der Waals surface area contributed by atoms with Gasteiger partial charge in [-0.1, -0.05) is 6.07 Å². The predicted molar refractivity (Wildman–Crippen MR) is 95.5 cm³/mol. The number of thiophene rings is 1. The number of ether oxygens (including phenoxy) is 1. The summed E-state index contributed by atoms with van der Waals surface area (Å²) in [6.07, 6.45) is 2.11. The summed E-state index contributed by atoms with van der Waals surface area (Å²) >= 11 is 1.54. The molecule has 1 aliphatic carbocycles. The van der Waals surface area contributed by atoms with Gasteiger partial charge in [0.1, 0.15) is 11.4 Å². The highest BCUT2D eigenvalue weighted by molar-refractivity contribution is 7.10. The molecule has 0 radical (unpaired) electrons. The summed E-state index contributed by atoms with van der Waals surface area (Å²) in [7, 11) is 0. The maximum absolute atomic E-state index is 12.4. The summed E-state index contributed by atoms with van der Waals surface area (Å²) in [5, 5.41) is 15.9. The molecule has 3 rings (SSSR count). The Morgan fingerprint density at radius 2 is 2.04 bits per heavy atom. The minimum Gasteiger partial charge on any atom is -0.491 e. The summed E-state index contributed by atoms with van der Waals surface area (Å²) in [6, 6.07) is 10.9. The molecule has 24 heavy (non-hydrogen) atoms. The van der Waals surface area contributed by atoms with E-state index in [0.717, 1.165) is 23.5 Å². The van der Waals surface area contributed by atoms with E-state index in [1.165, 1.54) is 11.3 Å². The van der Waals surface area contributed by atoms with Crippen LogP contribution in [0.25, 0.3) is 0 Å². The first-order chi connectivity index (χ1) is 11.5. The van der Waals surface area contributed by atoms with E-state index in [1.54, 1.807) is 24.3 Å². The number of carbonyl (C=O) groups excluding carboxylic acids is 1. The summed E-state index contributed by atoms with van der Waals surface area (Å²) in [5.41, 5.74) is -0.389. The molecule has 1 fully saturated rings. The second kappa shape index (κ2) is 6.95. The van der Waals surface area contributed by atoms with Gasteiger partial charge in [-0.05, 0) is 68.3 Å². The van der Waals surface area contributed by atoms with Crippen molar-refractivity contribution in [2.45, 2.75) is 38.4 Å². The molecule has 1 aromatic heterocycles. The minimum absolute atomic E-state index is 0.101. The molecule has 0 unspecified atom stereocenters. The fourth-order valence-electron chi connectivity index (χ4n) is 2.79. The van der Waals surface area contributed by atoms with Gasteiger partial charge in [0.2, 0.25) is 0 Å². The smallest absolute Gasteiger partial charge is 0.251 e. The lowest BCUT2D eigenvalue weighted by molar-refractivity contribution is 0.0169. The molecule has 0 aliphatic heterocycles. The van der Waals surface area contributed by atoms with Gasteiger partial charge in [0.15, 0.2) is 0 Å². The van der Waals surface area contributed by atoms with Crippen LogP contribution in [0.1, 0.15) is 41.9 Å². The van der Waals surface area contributed by atoms with Gasteiger partial charge in [0, 0.05) is 10.4 Å². The number of benzene rings is 1. The average molecular weight is 345 g/mol. The molecule has 2 N–H and O–H groups in total. The molecule has 128 valence electrons. The molecular weight excluding hydrogens is 322 g/mol. The van der Waals surface area contributed by atoms with Crippen molar-refractivity contribution < 1.29 is 14.6 Å². The Labute approximate surface area is 146 Å². The van der Waals surface area contributed by atoms with Crippen molar-refractivity contribution in [3.8, 4) is 5.75 Å². The van der Waals surface area contributed by atoms with Gasteiger partial charge in [-0.2, -0.15) is 0 Å². The quantitative estimate of drug-likeness (QED) is 0.807. The molecule has 5 heteroatoms. The standard InChI is InChI=1S/C19H23NO3S/c1-13(2)23-16-9-5-14(6-10-16)18(21)20-12-19(22,15-7-8-15)17-4-3-11-24-17/h3-6,9-11,13,15,22H,7-8,12H2,1-2H3,(H,20,21)/t19-/m0/s1. The third kappa shape index (κ3) is 3.79. The number of rotatable bonds is 7. The fraction of sp³-hybridized carbons (Fsp3) is 0.421. The van der Waals surface area contributed by atoms with E-state index in [9.17, 15) is 9.90 Å². The monoisotopic (exact) mass is 345 g/mol. The van der Waals surface area contributed by atoms with Gasteiger partial charge >= 0.3 is 0 Å². The van der Waals surface area contributed by atoms with Crippen molar-refractivity contribution in [2.24, 2.45) is 5.92 Å². The lowest BCUT2D eigenvalue weighted by Crippen LogP contribution is -2.42. The zero-order chi connectivity index (χ0) is 17.2. The van der Waals surface area contributed by atoms with Gasteiger partial charge in [0.25, 0.3) is 5.91 Å². The zero-order valence-corrected chi connectivity index (χ0v) is 14.8. The number of aliphatic hydroxyl groups is 1. The largest absolute Gasteiger partial charge is 0.491 e. The first kappa shape index (κ1) is 17.0. The first-order valence-electron chi connectivity index (χ1n) is 8.30. The molecule has 1 aliphatic rings. The van der Waals surface area contributed by atoms with Crippen molar-refractivity contribution in [3.05, 3.63) is 52.2 Å². The molecule has 0 bridgehead atoms. The van der Waals surface area contributed by atoms with E-state index in [0.29, 0.717) is 5.56 Å². The SMILES string of the molecule is CC(C)Oc1ccc(C(=O)NC[C@@](O)(c2cccs2)C2CC2)cc1. The van der Waals surface area contributed by atoms with Crippen LogP contribution in [-0.2, 0) is 5.60 Å². The molecule has 1 atom stereocenters. The van der Waals surface area contributed by atoms with Gasteiger partial charge in [-0.15, -0.1) is 11.3 Å². The number of amides is 1. The van der Waals surface area contributed by atoms with Gasteiger partial charge in [0.05, 0.1) is 12.6 Å². The van der Waals surface area contributed by atoms with Crippen molar-refractivity contribution in [1.82, 2.24) is 5.32 Å². The summed E-state index contributed by atoms with van der Waals surface area (Å²) < 4.78 is 5.58. The Morgan fingerprint density at radius 1 is 1.33 bits per heavy atom. The van der Waals surface area contributed by atoms with E-state index >= 15 is 0 Å². The normalized spacial score (nSPS) is 16.7. The predicted octanol–water partition coefficient (Wildman–Crippen LogP) is 3.56. The molecule has 4 nitrogen and oxygen atoms in total. The highest BCUT2D eigenvalue weighted by Gasteiger charge is 2.45. The van der Waals surface area contributed by atoms with Crippen LogP contribution in [0.3, 0.4) is 0 Å². The highest BCUT2D eigenvalue weighted by Crippen LogP contribution is 2.46. The Bertz CT molecular complexity index is 677. The van der Waals surface area contributed by atoms with Crippen LogP contribution in [0.2, 0.25) is 0 Å². The summed E-state index contributed by atoms with van der Waals surface area (Å²) in [4.78, 5) is 13.3. The Hall–Kier alpha value is -1.85. The highest BCUT2D eigenvalue weighted by atomic mass is 32.1. The second-order valence-electron chi connectivity index (χ2n) is 6.55. The van der Waals surface area contributed by atoms with Crippen LogP contribution >= 0.6 is 11.3 Å². The van der Waals surface area contributed by atoms with E-state index in [-0.39, 0.29) is 24.5 Å². The molecular formula is C19H23NO3S. The molecule has 1 saturated carbocycles. The number of hydrogen-bond acceptors (Lipinski definition) is 4. The topological polar surface area (TPSA) is 58.6 Å². The molecule has 1 heterocycles. The first-order valence-corrected chi connectivity index (χ1v) is 9.18. The maximum atomic E-state index is 12.4. The molecule has 1 aromatic carbocycles. The Morgan fingerprint density at radius 3 is 2.58 bits per heavy atom. The third-order valence-electron chi connectivity index (χ3n) is 4.21. The van der Waals surface area contributed by atoms with Gasteiger partial charge in [-0.25, -0.2) is 0 Å². The maximum Gasteiger partial charge on any atom is 0.251 e. The summed E-state index contributed by atoms with van der Waals surface area (Å²) in [6.45, 7) is 4.16. The molecule has 1 amide bonds. The average Bonchev–Trinajstić information content (AvgIpc) is 3.27. The van der Waals surface area contributed by atoms with E-state index in [2.05, 4.69) is 5.32 Å². The lowest BCUT2D eigenvalue weighted by Gasteiger charge is -2.27. The van der Waals surface area contributed by atoms with Crippen LogP contribution in [0.15, 0.2) is 41.8 Å². The van der Waals surface area contributed by atoms with Crippen LogP contribution < -0.4 is 10.1 Å². The van der Waals surface area contributed by atoms with Crippen LogP contribution in [0.4, 0.5) is 0 Å². The van der Waals surface area contributed by atoms with E-state index in [4.69, 9.17) is 4.74 Å². The lowest BCUT2D eigenvalue weighted by atomic mass is 9.95.